The minimum atomic E-state index is -0.670. The highest BCUT2D eigenvalue weighted by molar-refractivity contribution is 6.30. The van der Waals surface area contributed by atoms with Gasteiger partial charge in [0.2, 0.25) is 0 Å². The molecule has 1 unspecified atom stereocenters. The molecule has 0 radical (unpaired) electrons. The summed E-state index contributed by atoms with van der Waals surface area (Å²) in [5.41, 5.74) is 4.61. The first-order valence-corrected chi connectivity index (χ1v) is 7.14. The number of nitrogens with two attached hydrogens (primary N) is 1. The summed E-state index contributed by atoms with van der Waals surface area (Å²) in [4.78, 5) is 0. The van der Waals surface area contributed by atoms with Crippen LogP contribution in [0.5, 0.6) is 0 Å². The van der Waals surface area contributed by atoms with Crippen LogP contribution in [0.4, 0.5) is 8.78 Å². The van der Waals surface area contributed by atoms with Gasteiger partial charge in [-0.2, -0.15) is 0 Å². The molecule has 0 spiro atoms. The third kappa shape index (κ3) is 3.59. The van der Waals surface area contributed by atoms with Gasteiger partial charge in [-0.3, -0.25) is 5.84 Å². The highest BCUT2D eigenvalue weighted by Gasteiger charge is 2.19. The van der Waals surface area contributed by atoms with E-state index in [1.54, 1.807) is 0 Å². The Hall–Kier alpha value is -1.49. The maximum Gasteiger partial charge on any atom is 0.142 e. The number of benzene rings is 2. The summed E-state index contributed by atoms with van der Waals surface area (Å²) in [5.74, 6) is 4.25. The quantitative estimate of drug-likeness (QED) is 0.495. The fourth-order valence-corrected chi connectivity index (χ4v) is 2.44. The molecule has 0 aliphatic heterocycles. The number of hydrazine groups is 1. The lowest BCUT2D eigenvalue weighted by Gasteiger charge is -2.18. The molecule has 3 N–H and O–H groups in total. The van der Waals surface area contributed by atoms with Crippen molar-refractivity contribution < 1.29 is 8.78 Å². The van der Waals surface area contributed by atoms with Gasteiger partial charge >= 0.3 is 0 Å². The minimum Gasteiger partial charge on any atom is -0.271 e. The fraction of sp³-hybridized carbons (Fsp3) is 0.250. The van der Waals surface area contributed by atoms with Crippen LogP contribution in [0.25, 0.3) is 0 Å². The third-order valence-electron chi connectivity index (χ3n) is 3.37. The van der Waals surface area contributed by atoms with Crippen LogP contribution in [0.2, 0.25) is 5.02 Å². The predicted molar refractivity (Wildman–Crippen MR) is 81.0 cm³/mol. The van der Waals surface area contributed by atoms with Gasteiger partial charge in [0, 0.05) is 5.56 Å². The normalized spacial score (nSPS) is 12.4. The van der Waals surface area contributed by atoms with E-state index in [1.165, 1.54) is 5.56 Å². The monoisotopic (exact) mass is 310 g/mol. The van der Waals surface area contributed by atoms with Gasteiger partial charge in [0.1, 0.15) is 11.6 Å². The van der Waals surface area contributed by atoms with E-state index in [4.69, 9.17) is 17.4 Å². The molecule has 0 saturated heterocycles. The smallest absolute Gasteiger partial charge is 0.142 e. The van der Waals surface area contributed by atoms with Crippen molar-refractivity contribution in [3.63, 3.8) is 0 Å². The second-order valence-electron chi connectivity index (χ2n) is 4.88. The van der Waals surface area contributed by atoms with Crippen molar-refractivity contribution in [1.82, 2.24) is 5.43 Å². The first-order chi connectivity index (χ1) is 10.1. The van der Waals surface area contributed by atoms with E-state index in [1.807, 2.05) is 24.3 Å². The Labute approximate surface area is 127 Å². The van der Waals surface area contributed by atoms with Crippen molar-refractivity contribution in [1.29, 1.82) is 0 Å². The Bertz CT molecular complexity index is 614. The molecular formula is C16H17ClF2N2. The van der Waals surface area contributed by atoms with E-state index in [0.29, 0.717) is 0 Å². The molecule has 0 aliphatic rings. The molecule has 2 nitrogen and oxygen atoms in total. The summed E-state index contributed by atoms with van der Waals surface area (Å²) in [6, 6.07) is 9.06. The van der Waals surface area contributed by atoms with Crippen LogP contribution in [0.3, 0.4) is 0 Å². The van der Waals surface area contributed by atoms with Crippen LogP contribution < -0.4 is 11.3 Å². The summed E-state index contributed by atoms with van der Waals surface area (Å²) in [6.45, 7) is 2.10. The third-order valence-corrected chi connectivity index (χ3v) is 3.66. The molecule has 2 rings (SSSR count). The molecule has 2 aromatic carbocycles. The highest BCUT2D eigenvalue weighted by Crippen LogP contribution is 2.28. The highest BCUT2D eigenvalue weighted by atomic mass is 35.5. The first-order valence-electron chi connectivity index (χ1n) is 6.76. The molecule has 0 aromatic heterocycles. The Morgan fingerprint density at radius 2 is 1.81 bits per heavy atom. The molecule has 2 aromatic rings. The Morgan fingerprint density at radius 3 is 2.38 bits per heavy atom. The van der Waals surface area contributed by atoms with Crippen LogP contribution in [-0.4, -0.2) is 0 Å². The van der Waals surface area contributed by atoms with Gasteiger partial charge in [-0.05, 0) is 29.7 Å². The van der Waals surface area contributed by atoms with Crippen molar-refractivity contribution in [3.8, 4) is 0 Å². The SMILES string of the molecule is CCCc1ccc(C(NN)c2cc(F)c(Cl)cc2F)cc1. The van der Waals surface area contributed by atoms with E-state index >= 15 is 0 Å². The first kappa shape index (κ1) is 15.9. The Kier molecular flexibility index (Phi) is 5.28. The summed E-state index contributed by atoms with van der Waals surface area (Å²) < 4.78 is 27.6. The summed E-state index contributed by atoms with van der Waals surface area (Å²) in [6.07, 6.45) is 2.03. The molecule has 0 fully saturated rings. The fourth-order valence-electron chi connectivity index (χ4n) is 2.29. The molecule has 0 bridgehead atoms. The second-order valence-corrected chi connectivity index (χ2v) is 5.29. The lowest BCUT2D eigenvalue weighted by Crippen LogP contribution is -2.29. The number of nitrogens with one attached hydrogen (secondary N) is 1. The molecule has 21 heavy (non-hydrogen) atoms. The van der Waals surface area contributed by atoms with E-state index in [2.05, 4.69) is 12.3 Å². The van der Waals surface area contributed by atoms with Crippen molar-refractivity contribution >= 4 is 11.6 Å². The van der Waals surface area contributed by atoms with Crippen LogP contribution in [0.15, 0.2) is 36.4 Å². The average Bonchev–Trinajstić information content (AvgIpc) is 2.47. The number of hydrogen-bond donors (Lipinski definition) is 2. The van der Waals surface area contributed by atoms with Gasteiger partial charge in [-0.1, -0.05) is 49.2 Å². The molecule has 0 heterocycles. The van der Waals surface area contributed by atoms with Crippen LogP contribution in [0, 0.1) is 11.6 Å². The lowest BCUT2D eigenvalue weighted by molar-refractivity contribution is 0.545. The van der Waals surface area contributed by atoms with Gasteiger partial charge in [0.25, 0.3) is 0 Å². The van der Waals surface area contributed by atoms with E-state index in [-0.39, 0.29) is 10.6 Å². The van der Waals surface area contributed by atoms with Crippen molar-refractivity contribution in [2.24, 2.45) is 5.84 Å². The molecular weight excluding hydrogens is 294 g/mol. The molecule has 112 valence electrons. The zero-order valence-corrected chi connectivity index (χ0v) is 12.4. The number of halogens is 3. The molecule has 5 heteroatoms. The number of rotatable bonds is 5. The van der Waals surface area contributed by atoms with Crippen molar-refractivity contribution in [2.45, 2.75) is 25.8 Å². The lowest BCUT2D eigenvalue weighted by atomic mass is 9.97. The predicted octanol–water partition coefficient (Wildman–Crippen LogP) is 4.12. The van der Waals surface area contributed by atoms with E-state index in [9.17, 15) is 8.78 Å². The minimum absolute atomic E-state index is 0.127. The topological polar surface area (TPSA) is 38.0 Å². The van der Waals surface area contributed by atoms with Crippen molar-refractivity contribution in [2.75, 3.05) is 0 Å². The zero-order valence-electron chi connectivity index (χ0n) is 11.7. The van der Waals surface area contributed by atoms with E-state index in [0.717, 1.165) is 30.5 Å². The van der Waals surface area contributed by atoms with Gasteiger partial charge in [0.15, 0.2) is 0 Å². The van der Waals surface area contributed by atoms with Crippen LogP contribution >= 0.6 is 11.6 Å². The van der Waals surface area contributed by atoms with Gasteiger partial charge < -0.3 is 0 Å². The number of hydrogen-bond acceptors (Lipinski definition) is 2. The Balaban J connectivity index is 2.37. The van der Waals surface area contributed by atoms with Crippen LogP contribution in [0.1, 0.15) is 36.1 Å². The standard InChI is InChI=1S/C16H17ClF2N2/c1-2-3-10-4-6-11(7-5-10)16(21-20)12-8-15(19)13(17)9-14(12)18/h4-9,16,21H,2-3,20H2,1H3. The van der Waals surface area contributed by atoms with Gasteiger partial charge in [0.05, 0.1) is 11.1 Å². The van der Waals surface area contributed by atoms with E-state index < -0.39 is 17.7 Å². The van der Waals surface area contributed by atoms with Gasteiger partial charge in [-0.15, -0.1) is 0 Å². The van der Waals surface area contributed by atoms with Crippen molar-refractivity contribution in [3.05, 3.63) is 69.7 Å². The second kappa shape index (κ2) is 6.98. The van der Waals surface area contributed by atoms with Crippen LogP contribution in [-0.2, 0) is 6.42 Å². The zero-order chi connectivity index (χ0) is 15.4. The largest absolute Gasteiger partial charge is 0.271 e. The molecule has 0 aliphatic carbocycles. The molecule has 0 amide bonds. The molecule has 1 atom stereocenters. The summed E-state index contributed by atoms with van der Waals surface area (Å²) in [7, 11) is 0. The Morgan fingerprint density at radius 1 is 1.14 bits per heavy atom. The summed E-state index contributed by atoms with van der Waals surface area (Å²) >= 11 is 5.57. The average molecular weight is 311 g/mol. The molecule has 0 saturated carbocycles. The maximum absolute atomic E-state index is 14.0. The maximum atomic E-state index is 14.0. The summed E-state index contributed by atoms with van der Waals surface area (Å²) in [5, 5.41) is -0.245. The number of aryl methyl sites for hydroxylation is 1. The van der Waals surface area contributed by atoms with Gasteiger partial charge in [-0.25, -0.2) is 14.2 Å².